The van der Waals surface area contributed by atoms with E-state index in [1.807, 2.05) is 0 Å². The lowest BCUT2D eigenvalue weighted by Gasteiger charge is -2.38. The van der Waals surface area contributed by atoms with Crippen LogP contribution in [0.3, 0.4) is 0 Å². The summed E-state index contributed by atoms with van der Waals surface area (Å²) in [6.45, 7) is 8.60. The van der Waals surface area contributed by atoms with Crippen LogP contribution in [0.2, 0.25) is 0 Å². The van der Waals surface area contributed by atoms with Gasteiger partial charge in [0.2, 0.25) is 0 Å². The Morgan fingerprint density at radius 1 is 1.53 bits per heavy atom. The molecule has 15 heavy (non-hydrogen) atoms. The molecule has 0 aromatic carbocycles. The fourth-order valence-corrected chi connectivity index (χ4v) is 1.75. The summed E-state index contributed by atoms with van der Waals surface area (Å²) in [6, 6.07) is 0. The molecule has 1 fully saturated rings. The summed E-state index contributed by atoms with van der Waals surface area (Å²) >= 11 is 0. The van der Waals surface area contributed by atoms with Gasteiger partial charge in [-0.15, -0.1) is 0 Å². The Hall–Kier alpha value is -0.610. The second kappa shape index (κ2) is 6.08. The molecular formula is C11H21NO3. The van der Waals surface area contributed by atoms with E-state index in [1.54, 1.807) is 0 Å². The van der Waals surface area contributed by atoms with Gasteiger partial charge in [-0.1, -0.05) is 13.8 Å². The van der Waals surface area contributed by atoms with Gasteiger partial charge in [0.05, 0.1) is 13.0 Å². The van der Waals surface area contributed by atoms with Gasteiger partial charge in [0, 0.05) is 26.2 Å². The van der Waals surface area contributed by atoms with Gasteiger partial charge in [-0.2, -0.15) is 0 Å². The summed E-state index contributed by atoms with van der Waals surface area (Å²) < 4.78 is 5.46. The van der Waals surface area contributed by atoms with Crippen molar-refractivity contribution in [2.24, 2.45) is 11.8 Å². The summed E-state index contributed by atoms with van der Waals surface area (Å²) in [4.78, 5) is 12.6. The van der Waals surface area contributed by atoms with E-state index in [1.165, 1.54) is 0 Å². The van der Waals surface area contributed by atoms with Crippen LogP contribution < -0.4 is 0 Å². The van der Waals surface area contributed by atoms with Gasteiger partial charge < -0.3 is 14.7 Å². The Bertz CT molecular complexity index is 200. The second-order valence-electron chi connectivity index (χ2n) is 4.69. The molecule has 0 atom stereocenters. The first-order chi connectivity index (χ1) is 7.08. The third kappa shape index (κ3) is 5.14. The Balaban J connectivity index is 1.92. The molecule has 1 N–H and O–H groups in total. The number of hydrogen-bond acceptors (Lipinski definition) is 3. The van der Waals surface area contributed by atoms with Crippen molar-refractivity contribution in [3.8, 4) is 0 Å². The van der Waals surface area contributed by atoms with Crippen molar-refractivity contribution in [3.05, 3.63) is 0 Å². The van der Waals surface area contributed by atoms with Gasteiger partial charge in [0.15, 0.2) is 0 Å². The van der Waals surface area contributed by atoms with Gasteiger partial charge in [-0.25, -0.2) is 0 Å². The van der Waals surface area contributed by atoms with Crippen LogP contribution in [0.25, 0.3) is 0 Å². The molecular weight excluding hydrogens is 194 g/mol. The first-order valence-corrected chi connectivity index (χ1v) is 5.60. The summed E-state index contributed by atoms with van der Waals surface area (Å²) in [7, 11) is 0. The van der Waals surface area contributed by atoms with Crippen LogP contribution in [0.4, 0.5) is 0 Å². The van der Waals surface area contributed by atoms with E-state index in [9.17, 15) is 4.79 Å². The van der Waals surface area contributed by atoms with Crippen LogP contribution >= 0.6 is 0 Å². The van der Waals surface area contributed by atoms with E-state index in [2.05, 4.69) is 18.7 Å². The lowest BCUT2D eigenvalue weighted by Crippen LogP contribution is -2.48. The summed E-state index contributed by atoms with van der Waals surface area (Å²) in [5.41, 5.74) is 0. The molecule has 0 spiro atoms. The molecule has 1 rings (SSSR count). The molecule has 0 amide bonds. The monoisotopic (exact) mass is 215 g/mol. The third-order valence-electron chi connectivity index (χ3n) is 2.50. The van der Waals surface area contributed by atoms with Crippen molar-refractivity contribution in [1.82, 2.24) is 4.90 Å². The molecule has 88 valence electrons. The van der Waals surface area contributed by atoms with E-state index < -0.39 is 5.97 Å². The molecule has 1 aliphatic rings. The summed E-state index contributed by atoms with van der Waals surface area (Å²) in [5.74, 6) is 0.254. The van der Waals surface area contributed by atoms with E-state index in [0.717, 1.165) is 32.8 Å². The number of nitrogens with zero attached hydrogens (tertiary/aromatic N) is 1. The van der Waals surface area contributed by atoms with Crippen LogP contribution in [0, 0.1) is 11.8 Å². The Morgan fingerprint density at radius 2 is 2.20 bits per heavy atom. The molecule has 0 aliphatic carbocycles. The number of carboxylic acid groups (broad SMARTS) is 1. The van der Waals surface area contributed by atoms with Crippen molar-refractivity contribution in [2.45, 2.75) is 20.3 Å². The van der Waals surface area contributed by atoms with Gasteiger partial charge in [-0.3, -0.25) is 4.79 Å². The van der Waals surface area contributed by atoms with Crippen LogP contribution in [-0.2, 0) is 9.53 Å². The minimum absolute atomic E-state index is 0.309. The lowest BCUT2D eigenvalue weighted by molar-refractivity contribution is -0.139. The smallest absolute Gasteiger partial charge is 0.303 e. The molecule has 4 heteroatoms. The molecule has 0 aromatic heterocycles. The highest BCUT2D eigenvalue weighted by molar-refractivity contribution is 5.67. The van der Waals surface area contributed by atoms with E-state index in [-0.39, 0.29) is 0 Å². The largest absolute Gasteiger partial charge is 0.481 e. The van der Waals surface area contributed by atoms with Crippen molar-refractivity contribution >= 4 is 5.97 Å². The maximum atomic E-state index is 10.4. The number of carbonyl (C=O) groups is 1. The molecule has 0 radical (unpaired) electrons. The zero-order valence-electron chi connectivity index (χ0n) is 9.61. The topological polar surface area (TPSA) is 49.8 Å². The molecule has 1 heterocycles. The zero-order valence-corrected chi connectivity index (χ0v) is 9.61. The fourth-order valence-electron chi connectivity index (χ4n) is 1.75. The van der Waals surface area contributed by atoms with Gasteiger partial charge in [0.25, 0.3) is 0 Å². The number of ether oxygens (including phenoxy) is 1. The average molecular weight is 215 g/mol. The van der Waals surface area contributed by atoms with E-state index in [0.29, 0.717) is 18.3 Å². The Morgan fingerprint density at radius 3 is 2.73 bits per heavy atom. The molecule has 0 aromatic rings. The zero-order chi connectivity index (χ0) is 11.3. The molecule has 0 bridgehead atoms. The third-order valence-corrected chi connectivity index (χ3v) is 2.50. The predicted molar refractivity (Wildman–Crippen MR) is 57.8 cm³/mol. The van der Waals surface area contributed by atoms with E-state index in [4.69, 9.17) is 9.84 Å². The molecule has 1 aliphatic heterocycles. The second-order valence-corrected chi connectivity index (χ2v) is 4.69. The first-order valence-electron chi connectivity index (χ1n) is 5.60. The predicted octanol–water partition coefficient (Wildman–Crippen LogP) is 1.07. The van der Waals surface area contributed by atoms with E-state index >= 15 is 0 Å². The standard InChI is InChI=1S/C11H21NO3/c1-9(2)8-15-4-3-12-6-10(7-12)5-11(13)14/h9-10H,3-8H2,1-2H3,(H,13,14). The quantitative estimate of drug-likeness (QED) is 0.645. The van der Waals surface area contributed by atoms with Crippen LogP contribution in [0.15, 0.2) is 0 Å². The normalized spacial score (nSPS) is 18.1. The summed E-state index contributed by atoms with van der Waals surface area (Å²) in [5, 5.41) is 8.57. The van der Waals surface area contributed by atoms with Crippen LogP contribution in [0.5, 0.6) is 0 Å². The minimum atomic E-state index is -0.685. The number of hydrogen-bond donors (Lipinski definition) is 1. The maximum absolute atomic E-state index is 10.4. The SMILES string of the molecule is CC(C)COCCN1CC(CC(=O)O)C1. The number of carboxylic acids is 1. The van der Waals surface area contributed by atoms with Crippen LogP contribution in [0.1, 0.15) is 20.3 Å². The Kier molecular flexibility index (Phi) is 5.05. The van der Waals surface area contributed by atoms with Crippen molar-refractivity contribution < 1.29 is 14.6 Å². The van der Waals surface area contributed by atoms with Crippen LogP contribution in [-0.4, -0.2) is 48.8 Å². The number of aliphatic carboxylic acids is 1. The fraction of sp³-hybridized carbons (Fsp3) is 0.909. The molecule has 0 unspecified atom stereocenters. The molecule has 0 saturated carbocycles. The molecule has 4 nitrogen and oxygen atoms in total. The maximum Gasteiger partial charge on any atom is 0.303 e. The van der Waals surface area contributed by atoms with Gasteiger partial charge in [0.1, 0.15) is 0 Å². The van der Waals surface area contributed by atoms with Gasteiger partial charge >= 0.3 is 5.97 Å². The first kappa shape index (κ1) is 12.5. The molecule has 1 saturated heterocycles. The van der Waals surface area contributed by atoms with Gasteiger partial charge in [-0.05, 0) is 11.8 Å². The Labute approximate surface area is 91.2 Å². The summed E-state index contributed by atoms with van der Waals surface area (Å²) in [6.07, 6.45) is 0.309. The number of rotatable bonds is 7. The van der Waals surface area contributed by atoms with Crippen molar-refractivity contribution in [3.63, 3.8) is 0 Å². The average Bonchev–Trinajstić information content (AvgIpc) is 2.06. The highest BCUT2D eigenvalue weighted by Crippen LogP contribution is 2.18. The number of likely N-dealkylation sites (tertiary alicyclic amines) is 1. The highest BCUT2D eigenvalue weighted by Gasteiger charge is 2.27. The van der Waals surface area contributed by atoms with Crippen molar-refractivity contribution in [1.29, 1.82) is 0 Å². The van der Waals surface area contributed by atoms with Crippen molar-refractivity contribution in [2.75, 3.05) is 32.8 Å². The lowest BCUT2D eigenvalue weighted by atomic mass is 9.97. The highest BCUT2D eigenvalue weighted by atomic mass is 16.5. The minimum Gasteiger partial charge on any atom is -0.481 e.